The number of aromatic nitrogens is 1. The zero-order chi connectivity index (χ0) is 14.8. The smallest absolute Gasteiger partial charge is 0.258 e. The van der Waals surface area contributed by atoms with Crippen molar-refractivity contribution in [2.45, 2.75) is 31.7 Å². The van der Waals surface area contributed by atoms with Crippen LogP contribution in [0.2, 0.25) is 0 Å². The molecule has 0 aliphatic heterocycles. The van der Waals surface area contributed by atoms with Gasteiger partial charge in [-0.1, -0.05) is 0 Å². The van der Waals surface area contributed by atoms with Crippen LogP contribution in [-0.4, -0.2) is 35.3 Å². The summed E-state index contributed by atoms with van der Waals surface area (Å²) < 4.78 is 4.03. The van der Waals surface area contributed by atoms with Crippen LogP contribution in [0.4, 0.5) is 10.8 Å². The first-order valence-electron chi connectivity index (χ1n) is 7.22. The Morgan fingerprint density at radius 2 is 2.00 bits per heavy atom. The van der Waals surface area contributed by atoms with Crippen LogP contribution in [0.1, 0.15) is 36.0 Å². The summed E-state index contributed by atoms with van der Waals surface area (Å²) in [5.41, 5.74) is 6.18. The molecule has 21 heavy (non-hydrogen) atoms. The van der Waals surface area contributed by atoms with E-state index in [1.165, 1.54) is 11.5 Å². The highest BCUT2D eigenvalue weighted by Gasteiger charge is 2.29. The molecule has 1 heterocycles. The van der Waals surface area contributed by atoms with Gasteiger partial charge in [0.2, 0.25) is 5.91 Å². The maximum Gasteiger partial charge on any atom is 0.258 e. The molecule has 114 valence electrons. The molecule has 2 aliphatic carbocycles. The standard InChI is InChI=1S/C13H19N5O2S/c14-10-9(12(20)17-8-3-4-8)13(21-18-10)16-6-5-15-11(19)7-1-2-7/h7-8,16H,1-6H2,(H2,14,18)(H,15,19)(H,17,20). The van der Waals surface area contributed by atoms with Crippen molar-refractivity contribution in [2.75, 3.05) is 24.1 Å². The van der Waals surface area contributed by atoms with Crippen LogP contribution in [-0.2, 0) is 4.79 Å². The van der Waals surface area contributed by atoms with Gasteiger partial charge in [-0.05, 0) is 37.2 Å². The van der Waals surface area contributed by atoms with Crippen LogP contribution >= 0.6 is 11.5 Å². The molecule has 2 fully saturated rings. The van der Waals surface area contributed by atoms with Gasteiger partial charge in [-0.2, -0.15) is 4.37 Å². The predicted molar refractivity (Wildman–Crippen MR) is 81.2 cm³/mol. The van der Waals surface area contributed by atoms with E-state index < -0.39 is 0 Å². The largest absolute Gasteiger partial charge is 0.382 e. The molecule has 0 atom stereocenters. The summed E-state index contributed by atoms with van der Waals surface area (Å²) in [5, 5.41) is 9.55. The molecule has 0 bridgehead atoms. The number of anilines is 2. The Kier molecular flexibility index (Phi) is 3.96. The number of rotatable bonds is 7. The highest BCUT2D eigenvalue weighted by molar-refractivity contribution is 7.11. The monoisotopic (exact) mass is 309 g/mol. The Balaban J connectivity index is 1.49. The third-order valence-corrected chi connectivity index (χ3v) is 4.34. The van der Waals surface area contributed by atoms with Crippen LogP contribution in [0, 0.1) is 5.92 Å². The fourth-order valence-electron chi connectivity index (χ4n) is 1.98. The summed E-state index contributed by atoms with van der Waals surface area (Å²) in [5.74, 6) is 0.409. The van der Waals surface area contributed by atoms with Crippen LogP contribution in [0.5, 0.6) is 0 Å². The molecule has 2 aliphatic rings. The molecule has 2 saturated carbocycles. The third-order valence-electron chi connectivity index (χ3n) is 3.52. The summed E-state index contributed by atoms with van der Waals surface area (Å²) in [6, 6.07) is 0.280. The van der Waals surface area contributed by atoms with Gasteiger partial charge >= 0.3 is 0 Å². The quantitative estimate of drug-likeness (QED) is 0.550. The molecule has 1 aromatic rings. The predicted octanol–water partition coefficient (Wildman–Crippen LogP) is 0.556. The summed E-state index contributed by atoms with van der Waals surface area (Å²) in [6.45, 7) is 1.07. The molecule has 0 radical (unpaired) electrons. The van der Waals surface area contributed by atoms with Gasteiger partial charge in [0.05, 0.1) is 0 Å². The summed E-state index contributed by atoms with van der Waals surface area (Å²) >= 11 is 1.17. The molecular weight excluding hydrogens is 290 g/mol. The van der Waals surface area contributed by atoms with E-state index in [-0.39, 0.29) is 29.6 Å². The zero-order valence-corrected chi connectivity index (χ0v) is 12.5. The minimum Gasteiger partial charge on any atom is -0.382 e. The molecule has 0 spiro atoms. The second kappa shape index (κ2) is 5.88. The lowest BCUT2D eigenvalue weighted by Gasteiger charge is -2.08. The number of nitrogens with zero attached hydrogens (tertiary/aromatic N) is 1. The highest BCUT2D eigenvalue weighted by Crippen LogP contribution is 2.29. The van der Waals surface area contributed by atoms with Gasteiger partial charge in [-0.15, -0.1) is 0 Å². The Labute approximate surface area is 126 Å². The van der Waals surface area contributed by atoms with Crippen molar-refractivity contribution in [3.05, 3.63) is 5.56 Å². The molecule has 0 aromatic carbocycles. The molecule has 0 unspecified atom stereocenters. The number of nitrogens with two attached hydrogens (primary N) is 1. The second-order valence-corrected chi connectivity index (χ2v) is 6.29. The van der Waals surface area contributed by atoms with E-state index in [2.05, 4.69) is 20.3 Å². The van der Waals surface area contributed by atoms with E-state index in [0.29, 0.717) is 23.7 Å². The lowest BCUT2D eigenvalue weighted by Crippen LogP contribution is -2.30. The van der Waals surface area contributed by atoms with Crippen molar-refractivity contribution in [1.82, 2.24) is 15.0 Å². The highest BCUT2D eigenvalue weighted by atomic mass is 32.1. The Hall–Kier alpha value is -1.83. The van der Waals surface area contributed by atoms with Gasteiger partial charge < -0.3 is 21.7 Å². The van der Waals surface area contributed by atoms with E-state index in [4.69, 9.17) is 5.73 Å². The van der Waals surface area contributed by atoms with Gasteiger partial charge in [-0.25, -0.2) is 0 Å². The SMILES string of the molecule is Nc1nsc(NCCNC(=O)C2CC2)c1C(=O)NC1CC1. The van der Waals surface area contributed by atoms with Crippen molar-refractivity contribution < 1.29 is 9.59 Å². The van der Waals surface area contributed by atoms with Crippen molar-refractivity contribution in [2.24, 2.45) is 5.92 Å². The average Bonchev–Trinajstić information content (AvgIpc) is 3.34. The minimum absolute atomic E-state index is 0.118. The first-order chi connectivity index (χ1) is 10.1. The minimum atomic E-state index is -0.173. The van der Waals surface area contributed by atoms with E-state index in [1.807, 2.05) is 0 Å². The van der Waals surface area contributed by atoms with E-state index >= 15 is 0 Å². The van der Waals surface area contributed by atoms with Crippen molar-refractivity contribution in [3.8, 4) is 0 Å². The molecule has 3 rings (SSSR count). The number of hydrogen-bond acceptors (Lipinski definition) is 6. The maximum atomic E-state index is 12.1. The number of carbonyl (C=O) groups excluding carboxylic acids is 2. The summed E-state index contributed by atoms with van der Waals surface area (Å²) in [4.78, 5) is 23.6. The van der Waals surface area contributed by atoms with Crippen molar-refractivity contribution >= 4 is 34.2 Å². The molecular formula is C13H19N5O2S. The Bertz CT molecular complexity index is 551. The molecule has 8 heteroatoms. The normalized spacial score (nSPS) is 17.3. The molecule has 0 saturated heterocycles. The van der Waals surface area contributed by atoms with Gasteiger partial charge in [0, 0.05) is 25.0 Å². The fraction of sp³-hybridized carbons (Fsp3) is 0.615. The van der Waals surface area contributed by atoms with E-state index in [0.717, 1.165) is 25.7 Å². The first-order valence-corrected chi connectivity index (χ1v) is 8.00. The molecule has 1 aromatic heterocycles. The number of carbonyl (C=O) groups is 2. The van der Waals surface area contributed by atoms with E-state index in [9.17, 15) is 9.59 Å². The molecule has 2 amide bonds. The number of hydrogen-bond donors (Lipinski definition) is 4. The van der Waals surface area contributed by atoms with Gasteiger partial charge in [-0.3, -0.25) is 9.59 Å². The van der Waals surface area contributed by atoms with Gasteiger partial charge in [0.15, 0.2) is 5.82 Å². The van der Waals surface area contributed by atoms with Crippen LogP contribution in [0.15, 0.2) is 0 Å². The van der Waals surface area contributed by atoms with Crippen LogP contribution in [0.25, 0.3) is 0 Å². The summed E-state index contributed by atoms with van der Waals surface area (Å²) in [7, 11) is 0. The van der Waals surface area contributed by atoms with Gasteiger partial charge in [0.25, 0.3) is 5.91 Å². The zero-order valence-electron chi connectivity index (χ0n) is 11.6. The first kappa shape index (κ1) is 14.1. The number of nitrogen functional groups attached to an aromatic ring is 1. The molecule has 7 nitrogen and oxygen atoms in total. The lowest BCUT2D eigenvalue weighted by atomic mass is 10.3. The van der Waals surface area contributed by atoms with Crippen molar-refractivity contribution in [3.63, 3.8) is 0 Å². The van der Waals surface area contributed by atoms with Crippen LogP contribution < -0.4 is 21.7 Å². The summed E-state index contributed by atoms with van der Waals surface area (Å²) in [6.07, 6.45) is 4.05. The van der Waals surface area contributed by atoms with Crippen molar-refractivity contribution in [1.29, 1.82) is 0 Å². The Morgan fingerprint density at radius 3 is 2.67 bits per heavy atom. The third kappa shape index (κ3) is 3.63. The van der Waals surface area contributed by atoms with Gasteiger partial charge in [0.1, 0.15) is 10.6 Å². The average molecular weight is 309 g/mol. The van der Waals surface area contributed by atoms with E-state index in [1.54, 1.807) is 0 Å². The number of amides is 2. The molecule has 5 N–H and O–H groups in total. The topological polar surface area (TPSA) is 109 Å². The maximum absolute atomic E-state index is 12.1. The lowest BCUT2D eigenvalue weighted by molar-refractivity contribution is -0.122. The van der Waals surface area contributed by atoms with Crippen LogP contribution in [0.3, 0.4) is 0 Å². The second-order valence-electron chi connectivity index (χ2n) is 5.51. The fourth-order valence-corrected chi connectivity index (χ4v) is 2.72. The number of nitrogens with one attached hydrogen (secondary N) is 3. The Morgan fingerprint density at radius 1 is 1.24 bits per heavy atom.